The van der Waals surface area contributed by atoms with Crippen molar-refractivity contribution in [3.63, 3.8) is 0 Å². The molecule has 0 bridgehead atoms. The summed E-state index contributed by atoms with van der Waals surface area (Å²) in [6, 6.07) is 5.65. The van der Waals surface area contributed by atoms with Crippen molar-refractivity contribution in [3.05, 3.63) is 29.6 Å². The van der Waals surface area contributed by atoms with Gasteiger partial charge in [-0.15, -0.1) is 0 Å². The summed E-state index contributed by atoms with van der Waals surface area (Å²) < 4.78 is 19.0. The fraction of sp³-hybridized carbons (Fsp3) is 0.571. The molecular weight excluding hydrogens is 217 g/mol. The van der Waals surface area contributed by atoms with E-state index in [-0.39, 0.29) is 5.82 Å². The van der Waals surface area contributed by atoms with Crippen molar-refractivity contribution in [3.8, 4) is 5.75 Å². The Kier molecular flexibility index (Phi) is 3.02. The Morgan fingerprint density at radius 1 is 1.18 bits per heavy atom. The van der Waals surface area contributed by atoms with E-state index >= 15 is 0 Å². The lowest BCUT2D eigenvalue weighted by molar-refractivity contribution is 0.298. The van der Waals surface area contributed by atoms with Gasteiger partial charge in [0, 0.05) is 18.7 Å². The maximum absolute atomic E-state index is 13.4. The zero-order valence-electron chi connectivity index (χ0n) is 9.92. The van der Waals surface area contributed by atoms with Crippen molar-refractivity contribution in [2.45, 2.75) is 38.3 Å². The van der Waals surface area contributed by atoms with Gasteiger partial charge in [-0.3, -0.25) is 0 Å². The third-order valence-corrected chi connectivity index (χ3v) is 3.29. The molecule has 0 unspecified atom stereocenters. The van der Waals surface area contributed by atoms with Crippen molar-refractivity contribution in [2.24, 2.45) is 5.92 Å². The average Bonchev–Trinajstić information content (AvgIpc) is 3.15. The molecule has 2 aliphatic rings. The second-order valence-electron chi connectivity index (χ2n) is 5.20. The van der Waals surface area contributed by atoms with Crippen molar-refractivity contribution >= 4 is 0 Å². The van der Waals surface area contributed by atoms with Gasteiger partial charge in [-0.05, 0) is 49.3 Å². The largest absolute Gasteiger partial charge is 0.493 e. The lowest BCUT2D eigenvalue weighted by atomic mass is 10.2. The van der Waals surface area contributed by atoms with Gasteiger partial charge in [0.15, 0.2) is 0 Å². The molecule has 0 aliphatic heterocycles. The Bertz CT molecular complexity index is 365. The Morgan fingerprint density at radius 3 is 2.71 bits per heavy atom. The van der Waals surface area contributed by atoms with Gasteiger partial charge in [0.2, 0.25) is 0 Å². The minimum atomic E-state index is -0.203. The Morgan fingerprint density at radius 2 is 2.00 bits per heavy atom. The van der Waals surface area contributed by atoms with Crippen molar-refractivity contribution in [1.29, 1.82) is 0 Å². The van der Waals surface area contributed by atoms with E-state index < -0.39 is 0 Å². The van der Waals surface area contributed by atoms with E-state index in [1.54, 1.807) is 6.07 Å². The zero-order chi connectivity index (χ0) is 11.7. The Balaban J connectivity index is 1.60. The molecule has 0 aromatic heterocycles. The second-order valence-corrected chi connectivity index (χ2v) is 5.20. The van der Waals surface area contributed by atoms with E-state index in [1.165, 1.54) is 31.7 Å². The van der Waals surface area contributed by atoms with Crippen molar-refractivity contribution in [2.75, 3.05) is 6.61 Å². The van der Waals surface area contributed by atoms with Gasteiger partial charge in [-0.25, -0.2) is 4.39 Å². The van der Waals surface area contributed by atoms with Gasteiger partial charge >= 0.3 is 0 Å². The number of rotatable bonds is 6. The molecule has 0 saturated heterocycles. The summed E-state index contributed by atoms with van der Waals surface area (Å²) in [5.41, 5.74) is 0.975. The van der Waals surface area contributed by atoms with Gasteiger partial charge in [0.1, 0.15) is 11.6 Å². The first-order valence-electron chi connectivity index (χ1n) is 6.45. The van der Waals surface area contributed by atoms with Crippen LogP contribution in [0.2, 0.25) is 0 Å². The van der Waals surface area contributed by atoms with Gasteiger partial charge in [0.25, 0.3) is 0 Å². The van der Waals surface area contributed by atoms with Gasteiger partial charge in [0.05, 0.1) is 6.61 Å². The quantitative estimate of drug-likeness (QED) is 0.818. The summed E-state index contributed by atoms with van der Waals surface area (Å²) in [5, 5.41) is 3.38. The molecule has 2 saturated carbocycles. The molecule has 17 heavy (non-hydrogen) atoms. The van der Waals surface area contributed by atoms with Crippen LogP contribution in [0.1, 0.15) is 31.2 Å². The number of halogens is 1. The first-order chi connectivity index (χ1) is 8.29. The van der Waals surface area contributed by atoms with E-state index in [2.05, 4.69) is 5.32 Å². The van der Waals surface area contributed by atoms with Crippen LogP contribution < -0.4 is 10.1 Å². The fourth-order valence-electron chi connectivity index (χ4n) is 1.85. The lowest BCUT2D eigenvalue weighted by Gasteiger charge is -2.08. The van der Waals surface area contributed by atoms with Gasteiger partial charge in [-0.1, -0.05) is 0 Å². The summed E-state index contributed by atoms with van der Waals surface area (Å²) >= 11 is 0. The molecule has 3 heteroatoms. The number of ether oxygens (including phenoxy) is 1. The maximum atomic E-state index is 13.4. The van der Waals surface area contributed by atoms with E-state index in [0.29, 0.717) is 17.7 Å². The first kappa shape index (κ1) is 11.0. The van der Waals surface area contributed by atoms with E-state index in [9.17, 15) is 4.39 Å². The minimum Gasteiger partial charge on any atom is -0.493 e. The average molecular weight is 235 g/mol. The summed E-state index contributed by atoms with van der Waals surface area (Å²) in [7, 11) is 0. The number of nitrogens with one attached hydrogen (secondary N) is 1. The summed E-state index contributed by atoms with van der Waals surface area (Å²) in [5.74, 6) is 1.17. The highest BCUT2D eigenvalue weighted by atomic mass is 19.1. The standard InChI is InChI=1S/C14H18FNO/c15-12-5-11(8-16-13-3-4-13)6-14(7-12)17-9-10-1-2-10/h5-7,10,13,16H,1-4,8-9H2. The van der Waals surface area contributed by atoms with Crippen LogP contribution in [0.15, 0.2) is 18.2 Å². The smallest absolute Gasteiger partial charge is 0.127 e. The van der Waals surface area contributed by atoms with Crippen LogP contribution in [0, 0.1) is 11.7 Å². The summed E-state index contributed by atoms with van der Waals surface area (Å²) in [6.07, 6.45) is 5.01. The lowest BCUT2D eigenvalue weighted by Crippen LogP contribution is -2.15. The molecule has 0 radical (unpaired) electrons. The number of hydrogen-bond donors (Lipinski definition) is 1. The highest BCUT2D eigenvalue weighted by molar-refractivity contribution is 5.29. The molecular formula is C14H18FNO. The molecule has 1 aromatic carbocycles. The van der Waals surface area contributed by atoms with Crippen LogP contribution in [0.3, 0.4) is 0 Å². The van der Waals surface area contributed by atoms with E-state index in [4.69, 9.17) is 4.74 Å². The normalized spacial score (nSPS) is 19.4. The third-order valence-electron chi connectivity index (χ3n) is 3.29. The first-order valence-corrected chi connectivity index (χ1v) is 6.45. The third kappa shape index (κ3) is 3.43. The molecule has 92 valence electrons. The number of benzene rings is 1. The second kappa shape index (κ2) is 4.65. The van der Waals surface area contributed by atoms with E-state index in [0.717, 1.165) is 18.7 Å². The van der Waals surface area contributed by atoms with Crippen LogP contribution in [0.5, 0.6) is 5.75 Å². The predicted molar refractivity (Wildman–Crippen MR) is 64.5 cm³/mol. The molecule has 2 aliphatic carbocycles. The molecule has 1 aromatic rings. The molecule has 2 nitrogen and oxygen atoms in total. The molecule has 0 spiro atoms. The monoisotopic (exact) mass is 235 g/mol. The zero-order valence-corrected chi connectivity index (χ0v) is 9.92. The molecule has 0 heterocycles. The molecule has 2 fully saturated rings. The van der Waals surface area contributed by atoms with Crippen LogP contribution in [0.4, 0.5) is 4.39 Å². The van der Waals surface area contributed by atoms with Gasteiger partial charge < -0.3 is 10.1 Å². The highest BCUT2D eigenvalue weighted by Crippen LogP contribution is 2.30. The molecule has 0 atom stereocenters. The topological polar surface area (TPSA) is 21.3 Å². The van der Waals surface area contributed by atoms with Crippen LogP contribution in [-0.4, -0.2) is 12.6 Å². The van der Waals surface area contributed by atoms with Crippen LogP contribution in [0.25, 0.3) is 0 Å². The maximum Gasteiger partial charge on any atom is 0.127 e. The summed E-state index contributed by atoms with van der Waals surface area (Å²) in [6.45, 7) is 1.47. The fourth-order valence-corrected chi connectivity index (χ4v) is 1.85. The molecule has 3 rings (SSSR count). The Labute approximate surface area is 101 Å². The molecule has 0 amide bonds. The van der Waals surface area contributed by atoms with Gasteiger partial charge in [-0.2, -0.15) is 0 Å². The molecule has 1 N–H and O–H groups in total. The SMILES string of the molecule is Fc1cc(CNC2CC2)cc(OCC2CC2)c1. The predicted octanol–water partition coefficient (Wildman–Crippen LogP) is 2.87. The summed E-state index contributed by atoms with van der Waals surface area (Å²) in [4.78, 5) is 0. The highest BCUT2D eigenvalue weighted by Gasteiger charge is 2.22. The van der Waals surface area contributed by atoms with Crippen molar-refractivity contribution < 1.29 is 9.13 Å². The van der Waals surface area contributed by atoms with Crippen LogP contribution >= 0.6 is 0 Å². The minimum absolute atomic E-state index is 0.203. The number of hydrogen-bond acceptors (Lipinski definition) is 2. The van der Waals surface area contributed by atoms with Crippen LogP contribution in [-0.2, 0) is 6.54 Å². The Hall–Kier alpha value is -1.09. The van der Waals surface area contributed by atoms with E-state index in [1.807, 2.05) is 6.07 Å². The van der Waals surface area contributed by atoms with Crippen molar-refractivity contribution in [1.82, 2.24) is 5.32 Å².